The van der Waals surface area contributed by atoms with Crippen LogP contribution in [0, 0.1) is 10.1 Å². The van der Waals surface area contributed by atoms with E-state index in [9.17, 15) is 14.9 Å². The molecular formula is C14H23BrN2O4. The number of rotatable bonds is 5. The number of nitrogens with one attached hydrogen (secondary N) is 1. The summed E-state index contributed by atoms with van der Waals surface area (Å²) in [5, 5.41) is 13.6. The molecule has 0 atom stereocenters. The Bertz CT molecular complexity index is 439. The number of carbonyl (C=O) groups is 1. The van der Waals surface area contributed by atoms with E-state index < -0.39 is 4.92 Å². The van der Waals surface area contributed by atoms with E-state index >= 15 is 0 Å². The summed E-state index contributed by atoms with van der Waals surface area (Å²) < 4.78 is 5.09. The minimum atomic E-state index is -0.481. The van der Waals surface area contributed by atoms with Crippen molar-refractivity contribution in [3.05, 3.63) is 32.8 Å². The molecule has 21 heavy (non-hydrogen) atoms. The fourth-order valence-corrected chi connectivity index (χ4v) is 1.56. The van der Waals surface area contributed by atoms with Gasteiger partial charge in [0, 0.05) is 17.1 Å². The quantitative estimate of drug-likeness (QED) is 0.477. The third-order valence-electron chi connectivity index (χ3n) is 2.03. The van der Waals surface area contributed by atoms with Gasteiger partial charge in [0.05, 0.1) is 18.5 Å². The highest BCUT2D eigenvalue weighted by atomic mass is 79.9. The van der Waals surface area contributed by atoms with Gasteiger partial charge in [0.25, 0.3) is 5.69 Å². The van der Waals surface area contributed by atoms with Gasteiger partial charge >= 0.3 is 5.97 Å². The SMILES string of the molecule is CC.CC.COC(=O)CCNc1ccc(Br)cc1[N+](=O)[O-]. The highest BCUT2D eigenvalue weighted by Gasteiger charge is 2.13. The Labute approximate surface area is 134 Å². The van der Waals surface area contributed by atoms with Gasteiger partial charge in [-0.05, 0) is 12.1 Å². The third kappa shape index (κ3) is 9.01. The second-order valence-electron chi connectivity index (χ2n) is 3.17. The van der Waals surface area contributed by atoms with Gasteiger partial charge in [0.1, 0.15) is 5.69 Å². The van der Waals surface area contributed by atoms with E-state index in [0.717, 1.165) is 0 Å². The number of halogens is 1. The number of esters is 1. The van der Waals surface area contributed by atoms with Gasteiger partial charge in [-0.1, -0.05) is 43.6 Å². The van der Waals surface area contributed by atoms with Crippen LogP contribution in [-0.2, 0) is 9.53 Å². The molecule has 0 saturated carbocycles. The maximum absolute atomic E-state index is 10.9. The molecule has 0 aromatic heterocycles. The van der Waals surface area contributed by atoms with Gasteiger partial charge < -0.3 is 10.1 Å². The number of anilines is 1. The molecule has 0 bridgehead atoms. The van der Waals surface area contributed by atoms with E-state index in [1.807, 2.05) is 27.7 Å². The van der Waals surface area contributed by atoms with Crippen LogP contribution in [0.15, 0.2) is 22.7 Å². The van der Waals surface area contributed by atoms with E-state index in [1.54, 1.807) is 12.1 Å². The zero-order valence-corrected chi connectivity index (χ0v) is 14.7. The van der Waals surface area contributed by atoms with Crippen LogP contribution < -0.4 is 5.32 Å². The number of hydrogen-bond acceptors (Lipinski definition) is 5. The van der Waals surface area contributed by atoms with Gasteiger partial charge in [-0.25, -0.2) is 0 Å². The van der Waals surface area contributed by atoms with Crippen LogP contribution in [0.3, 0.4) is 0 Å². The first-order valence-electron chi connectivity index (χ1n) is 6.79. The Morgan fingerprint density at radius 2 is 1.90 bits per heavy atom. The van der Waals surface area contributed by atoms with Gasteiger partial charge in [0.2, 0.25) is 0 Å². The smallest absolute Gasteiger partial charge is 0.307 e. The molecule has 1 aromatic rings. The van der Waals surface area contributed by atoms with Crippen LogP contribution in [0.4, 0.5) is 11.4 Å². The standard InChI is InChI=1S/C10H11BrN2O4.2C2H6/c1-17-10(14)4-5-12-8-3-2-7(11)6-9(8)13(15)16;2*1-2/h2-3,6,12H,4-5H2,1H3;2*1-2H3. The van der Waals surface area contributed by atoms with Crippen molar-refractivity contribution in [2.45, 2.75) is 34.1 Å². The molecule has 0 amide bonds. The first-order chi connectivity index (χ1) is 10.0. The van der Waals surface area contributed by atoms with Gasteiger partial charge in [-0.2, -0.15) is 0 Å². The van der Waals surface area contributed by atoms with Crippen molar-refractivity contribution in [3.63, 3.8) is 0 Å². The van der Waals surface area contributed by atoms with E-state index in [4.69, 9.17) is 0 Å². The molecule has 0 saturated heterocycles. The predicted molar refractivity (Wildman–Crippen MR) is 88.6 cm³/mol. The monoisotopic (exact) mass is 362 g/mol. The molecule has 0 fully saturated rings. The van der Waals surface area contributed by atoms with Crippen molar-refractivity contribution >= 4 is 33.3 Å². The molecule has 1 aromatic carbocycles. The first kappa shape index (κ1) is 21.7. The number of nitrogens with zero attached hydrogens (tertiary/aromatic N) is 1. The summed E-state index contributed by atoms with van der Waals surface area (Å²) in [6.07, 6.45) is 0.156. The molecule has 0 heterocycles. The van der Waals surface area contributed by atoms with Crippen molar-refractivity contribution in [3.8, 4) is 0 Å². The zero-order valence-electron chi connectivity index (χ0n) is 13.1. The maximum Gasteiger partial charge on any atom is 0.307 e. The molecule has 0 unspecified atom stereocenters. The van der Waals surface area contributed by atoms with Crippen LogP contribution in [0.25, 0.3) is 0 Å². The molecule has 0 radical (unpaired) electrons. The lowest BCUT2D eigenvalue weighted by atomic mass is 10.2. The molecule has 0 spiro atoms. The van der Waals surface area contributed by atoms with Crippen LogP contribution in [0.2, 0.25) is 0 Å². The summed E-state index contributed by atoms with van der Waals surface area (Å²) in [6.45, 7) is 8.29. The summed E-state index contributed by atoms with van der Waals surface area (Å²) in [6, 6.07) is 4.67. The second kappa shape index (κ2) is 13.4. The van der Waals surface area contributed by atoms with E-state index in [1.165, 1.54) is 13.2 Å². The average molecular weight is 363 g/mol. The molecule has 0 aliphatic rings. The summed E-state index contributed by atoms with van der Waals surface area (Å²) in [5.74, 6) is -0.364. The maximum atomic E-state index is 10.9. The van der Waals surface area contributed by atoms with E-state index in [-0.39, 0.29) is 24.6 Å². The number of methoxy groups -OCH3 is 1. The molecule has 1 rings (SSSR count). The number of nitro groups is 1. The normalized spacial score (nSPS) is 8.48. The number of ether oxygens (including phenoxy) is 1. The highest BCUT2D eigenvalue weighted by molar-refractivity contribution is 9.10. The Morgan fingerprint density at radius 3 is 2.38 bits per heavy atom. The molecule has 6 nitrogen and oxygen atoms in total. The Morgan fingerprint density at radius 1 is 1.33 bits per heavy atom. The lowest BCUT2D eigenvalue weighted by Gasteiger charge is -2.06. The topological polar surface area (TPSA) is 81.5 Å². The minimum Gasteiger partial charge on any atom is -0.469 e. The summed E-state index contributed by atoms with van der Waals surface area (Å²) in [5.41, 5.74) is 0.339. The largest absolute Gasteiger partial charge is 0.469 e. The van der Waals surface area contributed by atoms with Gasteiger partial charge in [-0.15, -0.1) is 0 Å². The summed E-state index contributed by atoms with van der Waals surface area (Å²) >= 11 is 3.16. The van der Waals surface area contributed by atoms with E-state index in [2.05, 4.69) is 26.0 Å². The molecular weight excluding hydrogens is 340 g/mol. The van der Waals surface area contributed by atoms with Crippen molar-refractivity contribution in [2.75, 3.05) is 19.0 Å². The predicted octanol–water partition coefficient (Wildman–Crippen LogP) is 4.38. The fourth-order valence-electron chi connectivity index (χ4n) is 1.21. The van der Waals surface area contributed by atoms with Gasteiger partial charge in [0.15, 0.2) is 0 Å². The molecule has 120 valence electrons. The number of hydrogen-bond donors (Lipinski definition) is 1. The van der Waals surface area contributed by atoms with Crippen molar-refractivity contribution < 1.29 is 14.5 Å². The molecule has 7 heteroatoms. The number of carbonyl (C=O) groups excluding carboxylic acids is 1. The highest BCUT2D eigenvalue weighted by Crippen LogP contribution is 2.27. The molecule has 0 aliphatic heterocycles. The summed E-state index contributed by atoms with van der Waals surface area (Å²) in [4.78, 5) is 21.2. The second-order valence-corrected chi connectivity index (χ2v) is 4.09. The third-order valence-corrected chi connectivity index (χ3v) is 2.52. The zero-order chi connectivity index (χ0) is 16.8. The van der Waals surface area contributed by atoms with Crippen LogP contribution >= 0.6 is 15.9 Å². The summed E-state index contributed by atoms with van der Waals surface area (Å²) in [7, 11) is 1.30. The van der Waals surface area contributed by atoms with Crippen molar-refractivity contribution in [1.29, 1.82) is 0 Å². The average Bonchev–Trinajstić information content (AvgIpc) is 2.52. The van der Waals surface area contributed by atoms with Gasteiger partial charge in [-0.3, -0.25) is 14.9 Å². The van der Waals surface area contributed by atoms with Crippen molar-refractivity contribution in [1.82, 2.24) is 0 Å². The Balaban J connectivity index is 0. The van der Waals surface area contributed by atoms with Crippen LogP contribution in [-0.4, -0.2) is 24.5 Å². The Kier molecular flexibility index (Phi) is 13.8. The van der Waals surface area contributed by atoms with E-state index in [0.29, 0.717) is 10.2 Å². The molecule has 1 N–H and O–H groups in total. The number of benzene rings is 1. The Hall–Kier alpha value is -1.63. The fraction of sp³-hybridized carbons (Fsp3) is 0.500. The lowest BCUT2D eigenvalue weighted by Crippen LogP contribution is -2.10. The molecule has 0 aliphatic carbocycles. The van der Waals surface area contributed by atoms with Crippen molar-refractivity contribution in [2.24, 2.45) is 0 Å². The van der Waals surface area contributed by atoms with Crippen LogP contribution in [0.1, 0.15) is 34.1 Å². The lowest BCUT2D eigenvalue weighted by molar-refractivity contribution is -0.384. The van der Waals surface area contributed by atoms with Crippen LogP contribution in [0.5, 0.6) is 0 Å². The number of nitro benzene ring substituents is 1. The first-order valence-corrected chi connectivity index (χ1v) is 7.58. The minimum absolute atomic E-state index is 0.0377.